The van der Waals surface area contributed by atoms with Crippen LogP contribution in [0.2, 0.25) is 0 Å². The lowest BCUT2D eigenvalue weighted by molar-refractivity contribution is -0.156. The molecule has 0 amide bonds. The summed E-state index contributed by atoms with van der Waals surface area (Å²) in [4.78, 5) is 48.2. The molecule has 0 rings (SSSR count). The van der Waals surface area contributed by atoms with E-state index in [1.165, 1.54) is 6.26 Å². The molecular weight excluding hydrogens is 262 g/mol. The molecule has 0 fully saturated rings. The van der Waals surface area contributed by atoms with Crippen molar-refractivity contribution in [1.29, 1.82) is 5.26 Å². The van der Waals surface area contributed by atoms with Crippen LogP contribution >= 0.6 is 0 Å². The summed E-state index contributed by atoms with van der Waals surface area (Å²) in [6.45, 7) is -1.24. The first-order valence-electron chi connectivity index (χ1n) is 4.59. The Morgan fingerprint density at radius 2 is 1.95 bits per heavy atom. The van der Waals surface area contributed by atoms with Gasteiger partial charge in [-0.3, -0.25) is 4.79 Å². The topological polar surface area (TPSA) is 144 Å². The molecule has 10 heteroatoms. The van der Waals surface area contributed by atoms with Gasteiger partial charge in [0.25, 0.3) is 6.26 Å². The second-order valence-corrected chi connectivity index (χ2v) is 2.65. The van der Waals surface area contributed by atoms with Gasteiger partial charge in [-0.1, -0.05) is 0 Å². The first-order valence-corrected chi connectivity index (χ1v) is 4.59. The average Bonchev–Trinajstić information content (AvgIpc) is 2.38. The van der Waals surface area contributed by atoms with Crippen LogP contribution in [0.5, 0.6) is 0 Å². The van der Waals surface area contributed by atoms with Gasteiger partial charge in [0.05, 0.1) is 6.42 Å². The molecule has 0 saturated heterocycles. The fraction of sp³-hybridized carbons (Fsp3) is 0.444. The van der Waals surface area contributed by atoms with Gasteiger partial charge >= 0.3 is 11.9 Å². The largest absolute Gasteiger partial charge is 0.440 e. The van der Waals surface area contributed by atoms with Gasteiger partial charge in [-0.15, -0.1) is 0 Å². The average molecular weight is 269 g/mol. The van der Waals surface area contributed by atoms with Crippen molar-refractivity contribution in [3.05, 3.63) is 0 Å². The fourth-order valence-corrected chi connectivity index (χ4v) is 0.802. The number of hydrogen-bond acceptors (Lipinski definition) is 10. The van der Waals surface area contributed by atoms with E-state index < -0.39 is 37.9 Å². The maximum atomic E-state index is 11.3. The Morgan fingerprint density at radius 1 is 1.21 bits per heavy atom. The summed E-state index contributed by atoms with van der Waals surface area (Å²) in [7, 11) is 0. The van der Waals surface area contributed by atoms with E-state index in [4.69, 9.17) is 5.26 Å². The molecule has 0 aliphatic rings. The zero-order chi connectivity index (χ0) is 14.5. The SMILES string of the molecule is N#COCOC(=O)CC(N=C=O)C(=O)OCN=C=O. The lowest BCUT2D eigenvalue weighted by Gasteiger charge is -2.08. The Bertz CT molecular complexity index is 457. The van der Waals surface area contributed by atoms with Crippen molar-refractivity contribution in [2.75, 3.05) is 13.5 Å². The highest BCUT2D eigenvalue weighted by Gasteiger charge is 2.23. The molecule has 0 spiro atoms. The Kier molecular flexibility index (Phi) is 8.55. The minimum atomic E-state index is -1.48. The van der Waals surface area contributed by atoms with Crippen LogP contribution in [0.4, 0.5) is 0 Å². The van der Waals surface area contributed by atoms with E-state index in [-0.39, 0.29) is 0 Å². The molecule has 0 heterocycles. The summed E-state index contributed by atoms with van der Waals surface area (Å²) in [6.07, 6.45) is 2.84. The van der Waals surface area contributed by atoms with Gasteiger partial charge in [-0.05, 0) is 0 Å². The van der Waals surface area contributed by atoms with Crippen LogP contribution in [-0.2, 0) is 33.4 Å². The molecule has 100 valence electrons. The van der Waals surface area contributed by atoms with Crippen molar-refractivity contribution in [1.82, 2.24) is 0 Å². The van der Waals surface area contributed by atoms with Gasteiger partial charge in [0.1, 0.15) is 0 Å². The molecule has 1 atom stereocenters. The van der Waals surface area contributed by atoms with Crippen LogP contribution in [0, 0.1) is 11.5 Å². The van der Waals surface area contributed by atoms with Crippen LogP contribution in [0.15, 0.2) is 9.98 Å². The smallest absolute Gasteiger partial charge is 0.334 e. The van der Waals surface area contributed by atoms with Crippen molar-refractivity contribution in [3.63, 3.8) is 0 Å². The lowest BCUT2D eigenvalue weighted by atomic mass is 10.2. The standard InChI is InChI=1S/C9H7N3O7/c10-2-17-6-19-8(15)1-7(12-4-14)9(16)18-5-11-3-13/h7H,1,5-6H2. The number of nitriles is 1. The van der Waals surface area contributed by atoms with Crippen LogP contribution in [-0.4, -0.2) is 43.7 Å². The first-order chi connectivity index (χ1) is 9.15. The monoisotopic (exact) mass is 269 g/mol. The molecule has 0 N–H and O–H groups in total. The first kappa shape index (κ1) is 16.0. The van der Waals surface area contributed by atoms with Gasteiger partial charge < -0.3 is 14.2 Å². The molecule has 0 saturated carbocycles. The van der Waals surface area contributed by atoms with E-state index in [1.54, 1.807) is 0 Å². The Balaban J connectivity index is 4.35. The molecule has 0 aromatic rings. The van der Waals surface area contributed by atoms with Gasteiger partial charge in [-0.2, -0.15) is 15.2 Å². The van der Waals surface area contributed by atoms with Crippen molar-refractivity contribution < 1.29 is 33.4 Å². The minimum absolute atomic E-state index is 0.611. The summed E-state index contributed by atoms with van der Waals surface area (Å²) < 4.78 is 12.8. The van der Waals surface area contributed by atoms with Crippen LogP contribution in [0.3, 0.4) is 0 Å². The molecule has 1 unspecified atom stereocenters. The van der Waals surface area contributed by atoms with Crippen molar-refractivity contribution in [2.45, 2.75) is 12.5 Å². The Morgan fingerprint density at radius 3 is 2.53 bits per heavy atom. The number of carbonyl (C=O) groups excluding carboxylic acids is 4. The van der Waals surface area contributed by atoms with E-state index in [2.05, 4.69) is 24.2 Å². The Labute approximate surface area is 106 Å². The van der Waals surface area contributed by atoms with E-state index in [0.717, 1.165) is 12.2 Å². The van der Waals surface area contributed by atoms with E-state index in [9.17, 15) is 19.2 Å². The quantitative estimate of drug-likeness (QED) is 0.135. The normalized spacial score (nSPS) is 9.84. The third-order valence-electron chi connectivity index (χ3n) is 1.52. The Hall–Kier alpha value is -3.01. The number of esters is 2. The number of isocyanates is 2. The molecule has 0 bridgehead atoms. The van der Waals surface area contributed by atoms with Gasteiger partial charge in [0.2, 0.25) is 19.0 Å². The summed E-state index contributed by atoms with van der Waals surface area (Å²) >= 11 is 0. The maximum absolute atomic E-state index is 11.3. The predicted molar refractivity (Wildman–Crippen MR) is 53.3 cm³/mol. The highest BCUT2D eigenvalue weighted by Crippen LogP contribution is 2.03. The van der Waals surface area contributed by atoms with Crippen LogP contribution in [0.25, 0.3) is 0 Å². The summed E-state index contributed by atoms with van der Waals surface area (Å²) in [5, 5.41) is 8.00. The number of carbonyl (C=O) groups is 2. The molecule has 0 radical (unpaired) electrons. The summed E-state index contributed by atoms with van der Waals surface area (Å²) in [5.41, 5.74) is 0. The molecule has 0 aromatic heterocycles. The zero-order valence-electron chi connectivity index (χ0n) is 9.40. The second-order valence-electron chi connectivity index (χ2n) is 2.65. The van der Waals surface area contributed by atoms with Gasteiger partial charge in [0.15, 0.2) is 12.8 Å². The number of nitrogens with zero attached hydrogens (tertiary/aromatic N) is 3. The maximum Gasteiger partial charge on any atom is 0.334 e. The number of hydrogen-bond donors (Lipinski definition) is 0. The predicted octanol–water partition coefficient (Wildman–Crippen LogP) is -1.08. The second kappa shape index (κ2) is 10.2. The third-order valence-corrected chi connectivity index (χ3v) is 1.52. The van der Waals surface area contributed by atoms with Crippen molar-refractivity contribution in [3.8, 4) is 6.26 Å². The molecule has 10 nitrogen and oxygen atoms in total. The number of ether oxygens (including phenoxy) is 3. The van der Waals surface area contributed by atoms with Crippen molar-refractivity contribution in [2.24, 2.45) is 9.98 Å². The highest BCUT2D eigenvalue weighted by atomic mass is 16.7. The zero-order valence-corrected chi connectivity index (χ0v) is 9.40. The molecule has 0 aliphatic heterocycles. The number of aliphatic imine (C=N–C) groups is 2. The van der Waals surface area contributed by atoms with E-state index in [1.807, 2.05) is 0 Å². The molecular formula is C9H7N3O7. The van der Waals surface area contributed by atoms with Gasteiger partial charge in [0, 0.05) is 0 Å². The minimum Gasteiger partial charge on any atom is -0.440 e. The summed E-state index contributed by atoms with van der Waals surface area (Å²) in [5.74, 6) is -2.02. The molecule has 0 aromatic carbocycles. The van der Waals surface area contributed by atoms with Crippen LogP contribution < -0.4 is 0 Å². The highest BCUT2D eigenvalue weighted by molar-refractivity contribution is 5.83. The van der Waals surface area contributed by atoms with Gasteiger partial charge in [-0.25, -0.2) is 14.4 Å². The fourth-order valence-electron chi connectivity index (χ4n) is 0.802. The third kappa shape index (κ3) is 7.82. The molecule has 19 heavy (non-hydrogen) atoms. The molecule has 0 aliphatic carbocycles. The van der Waals surface area contributed by atoms with Crippen molar-refractivity contribution >= 4 is 24.1 Å². The summed E-state index contributed by atoms with van der Waals surface area (Å²) in [6, 6.07) is -1.48. The lowest BCUT2D eigenvalue weighted by Crippen LogP contribution is -2.26. The number of rotatable bonds is 8. The van der Waals surface area contributed by atoms with E-state index in [0.29, 0.717) is 0 Å². The van der Waals surface area contributed by atoms with E-state index >= 15 is 0 Å². The van der Waals surface area contributed by atoms with Crippen LogP contribution in [0.1, 0.15) is 6.42 Å².